The number of anilines is 2. The normalized spacial score (nSPS) is 11.3. The van der Waals surface area contributed by atoms with Crippen LogP contribution in [0.25, 0.3) is 5.69 Å². The highest BCUT2D eigenvalue weighted by Gasteiger charge is 2.23. The number of likely N-dealkylation sites (N-methyl/N-ethyl adjacent to an activating group) is 1. The Morgan fingerprint density at radius 3 is 2.26 bits per heavy atom. The van der Waals surface area contributed by atoms with Crippen molar-refractivity contribution in [2.75, 3.05) is 23.7 Å². The second kappa shape index (κ2) is 10.5. The fraction of sp³-hybridized carbons (Fsp3) is 0.320. The lowest BCUT2D eigenvalue weighted by Crippen LogP contribution is -2.40. The van der Waals surface area contributed by atoms with Crippen LogP contribution in [0.5, 0.6) is 0 Å². The number of hydrogen-bond acceptors (Lipinski definition) is 3. The van der Waals surface area contributed by atoms with Crippen molar-refractivity contribution < 1.29 is 9.59 Å². The molecule has 0 unspecified atom stereocenters. The molecule has 0 atom stereocenters. The number of nitrogens with one attached hydrogen (secondary N) is 2. The minimum Gasteiger partial charge on any atom is -0.315 e. The average Bonchev–Trinajstić information content (AvgIpc) is 3.19. The van der Waals surface area contributed by atoms with E-state index in [0.717, 1.165) is 16.9 Å². The number of amides is 3. The van der Waals surface area contributed by atoms with Crippen LogP contribution in [-0.2, 0) is 10.2 Å². The third-order valence-corrected chi connectivity index (χ3v) is 5.82. The molecule has 3 rings (SSSR count). The van der Waals surface area contributed by atoms with Gasteiger partial charge in [-0.15, -0.1) is 0 Å². The van der Waals surface area contributed by atoms with Crippen LogP contribution in [-0.4, -0.2) is 39.7 Å². The number of hydrogen-bond donors (Lipinski definition) is 2. The van der Waals surface area contributed by atoms with E-state index in [2.05, 4.69) is 31.4 Å². The number of aromatic nitrogens is 2. The molecule has 9 heteroatoms. The maximum absolute atomic E-state index is 13.0. The van der Waals surface area contributed by atoms with Crippen LogP contribution in [0.3, 0.4) is 0 Å². The summed E-state index contributed by atoms with van der Waals surface area (Å²) in [6.07, 6.45) is 0. The van der Waals surface area contributed by atoms with Gasteiger partial charge < -0.3 is 15.5 Å². The number of aryl methyl sites for hydroxylation is 1. The number of urea groups is 1. The Labute approximate surface area is 210 Å². The molecule has 180 valence electrons. The zero-order valence-corrected chi connectivity index (χ0v) is 21.5. The molecule has 34 heavy (non-hydrogen) atoms. The summed E-state index contributed by atoms with van der Waals surface area (Å²) in [6, 6.07) is 14.2. The van der Waals surface area contributed by atoms with E-state index in [1.807, 2.05) is 37.3 Å². The van der Waals surface area contributed by atoms with Gasteiger partial charge in [-0.25, -0.2) is 9.48 Å². The van der Waals surface area contributed by atoms with Crippen molar-refractivity contribution in [1.29, 1.82) is 0 Å². The van der Waals surface area contributed by atoms with E-state index in [4.69, 9.17) is 28.3 Å². The molecule has 0 bridgehead atoms. The third-order valence-electron chi connectivity index (χ3n) is 5.19. The van der Waals surface area contributed by atoms with Crippen molar-refractivity contribution in [3.05, 3.63) is 69.8 Å². The molecule has 2 N–H and O–H groups in total. The first-order valence-corrected chi connectivity index (χ1v) is 11.7. The quantitative estimate of drug-likeness (QED) is 0.417. The van der Waals surface area contributed by atoms with Gasteiger partial charge >= 0.3 is 6.03 Å². The van der Waals surface area contributed by atoms with Gasteiger partial charge in [0, 0.05) is 18.0 Å². The number of carbonyl (C=O) groups excluding carboxylic acids is 2. The summed E-state index contributed by atoms with van der Waals surface area (Å²) in [7, 11) is 0. The molecule has 1 heterocycles. The lowest BCUT2D eigenvalue weighted by molar-refractivity contribution is -0.116. The van der Waals surface area contributed by atoms with E-state index in [9.17, 15) is 9.59 Å². The topological polar surface area (TPSA) is 79.3 Å². The van der Waals surface area contributed by atoms with Crippen molar-refractivity contribution in [1.82, 2.24) is 14.7 Å². The monoisotopic (exact) mass is 501 g/mol. The molecule has 1 aromatic heterocycles. The standard InChI is InChI=1S/C25H29Cl2N5O2/c1-6-31(24(34)29-23-18(26)11-8-12-19(23)27)15-22(33)28-21-14-20(25(3,4)5)30-32(21)17-10-7-9-16(2)13-17/h7-14H,6,15H2,1-5H3,(H,28,33)(H,29,34). The van der Waals surface area contributed by atoms with Gasteiger partial charge in [0.2, 0.25) is 5.91 Å². The van der Waals surface area contributed by atoms with E-state index in [0.29, 0.717) is 28.1 Å². The Hall–Kier alpha value is -3.03. The average molecular weight is 502 g/mol. The van der Waals surface area contributed by atoms with Gasteiger partial charge in [0.05, 0.1) is 27.1 Å². The highest BCUT2D eigenvalue weighted by atomic mass is 35.5. The molecular formula is C25H29Cl2N5O2. The summed E-state index contributed by atoms with van der Waals surface area (Å²) in [5, 5.41) is 11.0. The Balaban J connectivity index is 1.80. The minimum atomic E-state index is -0.477. The smallest absolute Gasteiger partial charge is 0.315 e. The first-order chi connectivity index (χ1) is 16.0. The highest BCUT2D eigenvalue weighted by Crippen LogP contribution is 2.30. The number of benzene rings is 2. The van der Waals surface area contributed by atoms with Crippen LogP contribution < -0.4 is 10.6 Å². The molecule has 7 nitrogen and oxygen atoms in total. The molecule has 0 spiro atoms. The Kier molecular flexibility index (Phi) is 7.89. The van der Waals surface area contributed by atoms with Crippen LogP contribution in [0.2, 0.25) is 10.0 Å². The van der Waals surface area contributed by atoms with Crippen molar-refractivity contribution in [2.24, 2.45) is 0 Å². The summed E-state index contributed by atoms with van der Waals surface area (Å²) in [5.41, 5.74) is 2.85. The molecule has 0 radical (unpaired) electrons. The molecule has 3 amide bonds. The lowest BCUT2D eigenvalue weighted by Gasteiger charge is -2.21. The van der Waals surface area contributed by atoms with Crippen LogP contribution in [0, 0.1) is 6.92 Å². The van der Waals surface area contributed by atoms with Crippen molar-refractivity contribution >= 4 is 46.6 Å². The van der Waals surface area contributed by atoms with E-state index in [-0.39, 0.29) is 17.9 Å². The van der Waals surface area contributed by atoms with Crippen LogP contribution in [0.15, 0.2) is 48.5 Å². The van der Waals surface area contributed by atoms with E-state index >= 15 is 0 Å². The molecule has 0 aliphatic carbocycles. The SMILES string of the molecule is CCN(CC(=O)Nc1cc(C(C)(C)C)nn1-c1cccc(C)c1)C(=O)Nc1c(Cl)cccc1Cl. The largest absolute Gasteiger partial charge is 0.322 e. The van der Waals surface area contributed by atoms with Gasteiger partial charge in [0.1, 0.15) is 12.4 Å². The molecule has 2 aromatic carbocycles. The Morgan fingerprint density at radius 1 is 1.03 bits per heavy atom. The van der Waals surface area contributed by atoms with E-state index < -0.39 is 6.03 Å². The van der Waals surface area contributed by atoms with E-state index in [1.54, 1.807) is 29.8 Å². The maximum Gasteiger partial charge on any atom is 0.322 e. The summed E-state index contributed by atoms with van der Waals surface area (Å²) in [5.74, 6) is 0.183. The fourth-order valence-corrected chi connectivity index (χ4v) is 3.77. The van der Waals surface area contributed by atoms with Gasteiger partial charge in [0.25, 0.3) is 0 Å². The molecule has 0 aliphatic rings. The second-order valence-corrected chi connectivity index (χ2v) is 9.82. The zero-order valence-electron chi connectivity index (χ0n) is 19.9. The van der Waals surface area contributed by atoms with Gasteiger partial charge in [0.15, 0.2) is 0 Å². The fourth-order valence-electron chi connectivity index (χ4n) is 3.28. The van der Waals surface area contributed by atoms with Gasteiger partial charge in [-0.2, -0.15) is 5.10 Å². The number of nitrogens with zero attached hydrogens (tertiary/aromatic N) is 3. The predicted molar refractivity (Wildman–Crippen MR) is 138 cm³/mol. The maximum atomic E-state index is 13.0. The summed E-state index contributed by atoms with van der Waals surface area (Å²) < 4.78 is 1.71. The second-order valence-electron chi connectivity index (χ2n) is 9.00. The predicted octanol–water partition coefficient (Wildman–Crippen LogP) is 6.28. The van der Waals surface area contributed by atoms with Crippen LogP contribution >= 0.6 is 23.2 Å². The first kappa shape index (κ1) is 25.6. The van der Waals surface area contributed by atoms with Crippen molar-refractivity contribution in [2.45, 2.75) is 40.0 Å². The Morgan fingerprint density at radius 2 is 1.68 bits per heavy atom. The number of para-hydroxylation sites is 1. The number of carbonyl (C=O) groups is 2. The highest BCUT2D eigenvalue weighted by molar-refractivity contribution is 6.39. The van der Waals surface area contributed by atoms with Crippen molar-refractivity contribution in [3.63, 3.8) is 0 Å². The minimum absolute atomic E-state index is 0.158. The molecule has 0 saturated heterocycles. The summed E-state index contributed by atoms with van der Waals surface area (Å²) >= 11 is 12.3. The number of halogens is 2. The molecule has 0 aliphatic heterocycles. The van der Waals surface area contributed by atoms with Crippen molar-refractivity contribution in [3.8, 4) is 5.69 Å². The van der Waals surface area contributed by atoms with Gasteiger partial charge in [-0.1, -0.05) is 62.2 Å². The lowest BCUT2D eigenvalue weighted by atomic mass is 9.92. The molecule has 0 saturated carbocycles. The molecular weight excluding hydrogens is 473 g/mol. The van der Waals surface area contributed by atoms with Gasteiger partial charge in [-0.05, 0) is 43.7 Å². The van der Waals surface area contributed by atoms with Crippen LogP contribution in [0.1, 0.15) is 39.0 Å². The number of rotatable bonds is 6. The first-order valence-electron chi connectivity index (χ1n) is 11.0. The zero-order chi connectivity index (χ0) is 25.0. The van der Waals surface area contributed by atoms with E-state index in [1.165, 1.54) is 4.90 Å². The van der Waals surface area contributed by atoms with Crippen LogP contribution in [0.4, 0.5) is 16.3 Å². The van der Waals surface area contributed by atoms with Gasteiger partial charge in [-0.3, -0.25) is 4.79 Å². The molecule has 3 aromatic rings. The Bertz CT molecular complexity index is 1180. The third kappa shape index (κ3) is 6.10. The summed E-state index contributed by atoms with van der Waals surface area (Å²) in [4.78, 5) is 27.1. The molecule has 0 fully saturated rings. The summed E-state index contributed by atoms with van der Waals surface area (Å²) in [6.45, 7) is 10.1.